The van der Waals surface area contributed by atoms with Gasteiger partial charge in [-0.1, -0.05) is 17.7 Å². The van der Waals surface area contributed by atoms with E-state index in [0.717, 1.165) is 0 Å². The molecule has 0 amide bonds. The van der Waals surface area contributed by atoms with Gasteiger partial charge in [-0.2, -0.15) is 5.10 Å². The Morgan fingerprint density at radius 2 is 2.25 bits per heavy atom. The molecular formula is C9H8ClN3O3. The molecular weight excluding hydrogens is 234 g/mol. The highest BCUT2D eigenvalue weighted by Crippen LogP contribution is 2.16. The third-order valence-corrected chi connectivity index (χ3v) is 1.98. The van der Waals surface area contributed by atoms with Crippen molar-refractivity contribution < 1.29 is 9.72 Å². The zero-order valence-corrected chi connectivity index (χ0v) is 9.06. The van der Waals surface area contributed by atoms with E-state index in [1.54, 1.807) is 6.07 Å². The Kier molecular flexibility index (Phi) is 3.96. The quantitative estimate of drug-likeness (QED) is 0.497. The number of carbonyl (C=O) groups is 1. The number of hydrogen-bond acceptors (Lipinski definition) is 5. The number of hydrogen-bond donors (Lipinski definition) is 1. The van der Waals surface area contributed by atoms with E-state index < -0.39 is 4.92 Å². The fourth-order valence-corrected chi connectivity index (χ4v) is 0.924. The van der Waals surface area contributed by atoms with Crippen molar-refractivity contribution in [1.29, 1.82) is 0 Å². The lowest BCUT2D eigenvalue weighted by molar-refractivity contribution is -0.384. The van der Waals surface area contributed by atoms with Gasteiger partial charge in [-0.15, -0.1) is 0 Å². The highest BCUT2D eigenvalue weighted by atomic mass is 35.5. The largest absolute Gasteiger partial charge is 0.292 e. The summed E-state index contributed by atoms with van der Waals surface area (Å²) >= 11 is 5.47. The van der Waals surface area contributed by atoms with E-state index >= 15 is 0 Å². The number of halogens is 1. The van der Waals surface area contributed by atoms with Crippen LogP contribution in [0.1, 0.15) is 6.92 Å². The van der Waals surface area contributed by atoms with E-state index in [1.807, 2.05) is 0 Å². The van der Waals surface area contributed by atoms with E-state index in [1.165, 1.54) is 25.1 Å². The van der Waals surface area contributed by atoms with Gasteiger partial charge in [-0.3, -0.25) is 20.3 Å². The molecule has 1 rings (SSSR count). The molecule has 0 fully saturated rings. The molecule has 1 N–H and O–H groups in total. The highest BCUT2D eigenvalue weighted by molar-refractivity contribution is 6.82. The third-order valence-electron chi connectivity index (χ3n) is 1.63. The van der Waals surface area contributed by atoms with E-state index in [2.05, 4.69) is 10.5 Å². The summed E-state index contributed by atoms with van der Waals surface area (Å²) in [6.07, 6.45) is 0. The van der Waals surface area contributed by atoms with Crippen LogP contribution >= 0.6 is 11.6 Å². The number of anilines is 1. The predicted molar refractivity (Wildman–Crippen MR) is 60.7 cm³/mol. The average Bonchev–Trinajstić information content (AvgIpc) is 2.26. The maximum atomic E-state index is 10.7. The molecule has 0 heterocycles. The van der Waals surface area contributed by atoms with Gasteiger partial charge < -0.3 is 0 Å². The Morgan fingerprint density at radius 1 is 1.56 bits per heavy atom. The molecule has 0 aliphatic heterocycles. The first kappa shape index (κ1) is 12.1. The summed E-state index contributed by atoms with van der Waals surface area (Å²) in [7, 11) is 0. The number of nitrogens with one attached hydrogen (secondary N) is 1. The number of Topliss-reactive ketones (excluding diaryl/α,β-unsaturated/α-hetero) is 1. The van der Waals surface area contributed by atoms with Gasteiger partial charge in [0.1, 0.15) is 0 Å². The number of carbonyl (C=O) groups excluding carboxylic acids is 1. The van der Waals surface area contributed by atoms with Crippen LogP contribution in [-0.2, 0) is 4.79 Å². The van der Waals surface area contributed by atoms with Crippen molar-refractivity contribution in [3.8, 4) is 0 Å². The number of benzene rings is 1. The second-order valence-corrected chi connectivity index (χ2v) is 3.24. The van der Waals surface area contributed by atoms with Gasteiger partial charge in [-0.25, -0.2) is 0 Å². The lowest BCUT2D eigenvalue weighted by Crippen LogP contribution is -2.04. The summed E-state index contributed by atoms with van der Waals surface area (Å²) in [5.41, 5.74) is 2.76. The summed E-state index contributed by atoms with van der Waals surface area (Å²) in [6, 6.07) is 5.70. The van der Waals surface area contributed by atoms with Gasteiger partial charge in [0.05, 0.1) is 10.6 Å². The van der Waals surface area contributed by atoms with Gasteiger partial charge >= 0.3 is 0 Å². The first-order valence-corrected chi connectivity index (χ1v) is 4.63. The Labute approximate surface area is 96.1 Å². The molecule has 0 aromatic heterocycles. The fraction of sp³-hybridized carbons (Fsp3) is 0.111. The van der Waals surface area contributed by atoms with Gasteiger partial charge in [0.2, 0.25) is 0 Å². The predicted octanol–water partition coefficient (Wildman–Crippen LogP) is 2.15. The maximum Gasteiger partial charge on any atom is 0.271 e. The van der Waals surface area contributed by atoms with Crippen molar-refractivity contribution in [1.82, 2.24) is 0 Å². The van der Waals surface area contributed by atoms with Crippen LogP contribution in [0.2, 0.25) is 0 Å². The van der Waals surface area contributed by atoms with Crippen LogP contribution < -0.4 is 5.43 Å². The third kappa shape index (κ3) is 3.32. The molecule has 0 radical (unpaired) electrons. The van der Waals surface area contributed by atoms with Crippen LogP contribution in [0.4, 0.5) is 11.4 Å². The van der Waals surface area contributed by atoms with Crippen LogP contribution in [0.15, 0.2) is 29.4 Å². The second kappa shape index (κ2) is 5.22. The number of rotatable bonds is 4. The topological polar surface area (TPSA) is 84.6 Å². The highest BCUT2D eigenvalue weighted by Gasteiger charge is 2.05. The SMILES string of the molecule is CC(=O)/C(Cl)=N\Nc1cccc([N+](=O)[O-])c1. The number of ketones is 1. The lowest BCUT2D eigenvalue weighted by atomic mass is 10.3. The summed E-state index contributed by atoms with van der Waals surface area (Å²) < 4.78 is 0. The van der Waals surface area contributed by atoms with Gasteiger partial charge in [0, 0.05) is 19.1 Å². The minimum Gasteiger partial charge on any atom is -0.292 e. The Bertz CT molecular complexity index is 459. The fourth-order valence-electron chi connectivity index (χ4n) is 0.881. The standard InChI is InChI=1S/C9H8ClN3O3/c1-6(14)9(10)12-11-7-3-2-4-8(5-7)13(15)16/h2-5,11H,1H3/b12-9+. The summed E-state index contributed by atoms with van der Waals surface area (Å²) in [4.78, 5) is 20.7. The van der Waals surface area contributed by atoms with Crippen LogP contribution in [-0.4, -0.2) is 15.9 Å². The smallest absolute Gasteiger partial charge is 0.271 e. The number of nitro groups is 1. The minimum atomic E-state index is -0.526. The molecule has 0 spiro atoms. The van der Waals surface area contributed by atoms with E-state index in [9.17, 15) is 14.9 Å². The van der Waals surface area contributed by atoms with Crippen molar-refractivity contribution in [2.75, 3.05) is 5.43 Å². The van der Waals surface area contributed by atoms with Crippen molar-refractivity contribution in [3.63, 3.8) is 0 Å². The normalized spacial score (nSPS) is 11.0. The molecule has 16 heavy (non-hydrogen) atoms. The number of nitro benzene ring substituents is 1. The molecule has 84 valence electrons. The van der Waals surface area contributed by atoms with Crippen molar-refractivity contribution in [2.45, 2.75) is 6.92 Å². The molecule has 7 heteroatoms. The molecule has 0 unspecified atom stereocenters. The van der Waals surface area contributed by atoms with Crippen molar-refractivity contribution in [2.24, 2.45) is 5.10 Å². The van der Waals surface area contributed by atoms with Crippen LogP contribution in [0.25, 0.3) is 0 Å². The van der Waals surface area contributed by atoms with Crippen LogP contribution in [0, 0.1) is 10.1 Å². The molecule has 1 aromatic rings. The monoisotopic (exact) mass is 241 g/mol. The zero-order valence-electron chi connectivity index (χ0n) is 8.31. The molecule has 0 aliphatic rings. The molecule has 6 nitrogen and oxygen atoms in total. The van der Waals surface area contributed by atoms with Gasteiger partial charge in [-0.05, 0) is 6.07 Å². The Morgan fingerprint density at radius 3 is 2.81 bits per heavy atom. The first-order chi connectivity index (χ1) is 7.50. The van der Waals surface area contributed by atoms with Crippen molar-refractivity contribution in [3.05, 3.63) is 34.4 Å². The number of non-ortho nitro benzene ring substituents is 1. The van der Waals surface area contributed by atoms with Crippen LogP contribution in [0.5, 0.6) is 0 Å². The Balaban J connectivity index is 2.82. The number of nitrogens with zero attached hydrogens (tertiary/aromatic N) is 2. The van der Waals surface area contributed by atoms with E-state index in [0.29, 0.717) is 5.69 Å². The van der Waals surface area contributed by atoms with E-state index in [-0.39, 0.29) is 16.6 Å². The Hall–Kier alpha value is -1.95. The molecule has 0 saturated carbocycles. The lowest BCUT2D eigenvalue weighted by Gasteiger charge is -1.99. The summed E-state index contributed by atoms with van der Waals surface area (Å²) in [6.45, 7) is 1.26. The summed E-state index contributed by atoms with van der Waals surface area (Å²) in [5.74, 6) is -0.389. The average molecular weight is 242 g/mol. The van der Waals surface area contributed by atoms with Gasteiger partial charge in [0.25, 0.3) is 5.69 Å². The maximum absolute atomic E-state index is 10.7. The molecule has 0 saturated heterocycles. The molecule has 0 bridgehead atoms. The second-order valence-electron chi connectivity index (χ2n) is 2.88. The van der Waals surface area contributed by atoms with Gasteiger partial charge in [0.15, 0.2) is 11.0 Å². The number of hydrazone groups is 1. The summed E-state index contributed by atoms with van der Waals surface area (Å²) in [5, 5.41) is 13.8. The minimum absolute atomic E-state index is 0.0702. The zero-order chi connectivity index (χ0) is 12.1. The van der Waals surface area contributed by atoms with Crippen LogP contribution in [0.3, 0.4) is 0 Å². The first-order valence-electron chi connectivity index (χ1n) is 4.25. The van der Waals surface area contributed by atoms with E-state index in [4.69, 9.17) is 11.6 Å². The molecule has 1 aromatic carbocycles. The molecule has 0 atom stereocenters. The molecule has 0 aliphatic carbocycles. The van der Waals surface area contributed by atoms with Crippen molar-refractivity contribution >= 4 is 33.9 Å².